The van der Waals surface area contributed by atoms with Gasteiger partial charge in [-0.3, -0.25) is 0 Å². The van der Waals surface area contributed by atoms with Gasteiger partial charge < -0.3 is 9.47 Å². The Balaban J connectivity index is 3.63. The number of rotatable bonds is 4. The zero-order valence-corrected chi connectivity index (χ0v) is 10.5. The number of alkyl halides is 5. The Bertz CT molecular complexity index is 577. The molecule has 0 saturated heterocycles. The maximum absolute atomic E-state index is 13.0. The molecule has 9 heteroatoms. The van der Waals surface area contributed by atoms with Crippen molar-refractivity contribution in [3.8, 4) is 11.8 Å². The maximum atomic E-state index is 13.0. The zero-order valence-electron chi connectivity index (χ0n) is 10.5. The third-order valence-corrected chi connectivity index (χ3v) is 2.27. The van der Waals surface area contributed by atoms with Crippen LogP contribution in [0, 0.1) is 11.3 Å². The van der Waals surface area contributed by atoms with Crippen LogP contribution in [0.4, 0.5) is 22.0 Å². The van der Waals surface area contributed by atoms with E-state index >= 15 is 0 Å². The summed E-state index contributed by atoms with van der Waals surface area (Å²) in [6.07, 6.45) is -5.12. The average molecular weight is 309 g/mol. The van der Waals surface area contributed by atoms with Crippen molar-refractivity contribution >= 4 is 5.97 Å². The number of hydrogen-bond donors (Lipinski definition) is 0. The van der Waals surface area contributed by atoms with Gasteiger partial charge in [-0.25, -0.2) is 4.79 Å². The highest BCUT2D eigenvalue weighted by Crippen LogP contribution is 2.39. The fourth-order valence-corrected chi connectivity index (χ4v) is 1.57. The first-order chi connectivity index (χ1) is 9.72. The second-order valence-electron chi connectivity index (χ2n) is 3.57. The quantitative estimate of drug-likeness (QED) is 0.632. The molecule has 0 heterocycles. The Hall–Kier alpha value is -2.37. The van der Waals surface area contributed by atoms with Gasteiger partial charge in [-0.05, 0) is 19.1 Å². The average Bonchev–Trinajstić information content (AvgIpc) is 2.36. The Morgan fingerprint density at radius 1 is 1.38 bits per heavy atom. The predicted molar refractivity (Wildman–Crippen MR) is 58.7 cm³/mol. The van der Waals surface area contributed by atoms with E-state index in [1.165, 1.54) is 13.0 Å². The van der Waals surface area contributed by atoms with Crippen molar-refractivity contribution in [3.05, 3.63) is 28.8 Å². The SMILES string of the molecule is CCOC(=O)c1c(OC(F)F)ccc(C#N)c1C(F)(F)F. The molecule has 114 valence electrons. The zero-order chi connectivity index (χ0) is 16.2. The van der Waals surface area contributed by atoms with Crippen molar-refractivity contribution in [1.29, 1.82) is 5.26 Å². The summed E-state index contributed by atoms with van der Waals surface area (Å²) in [7, 11) is 0. The van der Waals surface area contributed by atoms with Crippen LogP contribution in [0.15, 0.2) is 12.1 Å². The van der Waals surface area contributed by atoms with Gasteiger partial charge in [0.2, 0.25) is 0 Å². The summed E-state index contributed by atoms with van der Waals surface area (Å²) >= 11 is 0. The summed E-state index contributed by atoms with van der Waals surface area (Å²) in [5.74, 6) is -2.51. The lowest BCUT2D eigenvalue weighted by Crippen LogP contribution is -2.19. The van der Waals surface area contributed by atoms with Gasteiger partial charge in [0.1, 0.15) is 11.3 Å². The maximum Gasteiger partial charge on any atom is 0.418 e. The number of ether oxygens (including phenoxy) is 2. The van der Waals surface area contributed by atoms with Gasteiger partial charge in [-0.15, -0.1) is 0 Å². The molecule has 0 aliphatic heterocycles. The number of esters is 1. The minimum Gasteiger partial charge on any atom is -0.462 e. The molecule has 4 nitrogen and oxygen atoms in total. The summed E-state index contributed by atoms with van der Waals surface area (Å²) < 4.78 is 71.8. The van der Waals surface area contributed by atoms with Gasteiger partial charge in [0, 0.05) is 0 Å². The van der Waals surface area contributed by atoms with Gasteiger partial charge in [0.15, 0.2) is 0 Å². The predicted octanol–water partition coefficient (Wildman–Crippen LogP) is 3.36. The number of nitrogens with zero attached hydrogens (tertiary/aromatic N) is 1. The summed E-state index contributed by atoms with van der Waals surface area (Å²) in [5, 5.41) is 8.70. The largest absolute Gasteiger partial charge is 0.462 e. The molecule has 0 atom stereocenters. The van der Waals surface area contributed by atoms with Crippen LogP contribution in [0.2, 0.25) is 0 Å². The molecule has 0 unspecified atom stereocenters. The van der Waals surface area contributed by atoms with Crippen LogP contribution >= 0.6 is 0 Å². The fraction of sp³-hybridized carbons (Fsp3) is 0.333. The molecule has 0 fully saturated rings. The van der Waals surface area contributed by atoms with Crippen LogP contribution in [-0.4, -0.2) is 19.2 Å². The standard InChI is InChI=1S/C12H8F5NO3/c1-2-20-10(19)8-7(21-11(13)14)4-3-6(5-18)9(8)12(15,16)17/h3-4,11H,2H2,1H3. The lowest BCUT2D eigenvalue weighted by molar-refractivity contribution is -0.138. The molecule has 0 aromatic heterocycles. The first-order valence-corrected chi connectivity index (χ1v) is 5.48. The Kier molecular flexibility index (Phi) is 5.07. The summed E-state index contributed by atoms with van der Waals surface area (Å²) in [6, 6.07) is 2.58. The van der Waals surface area contributed by atoms with Gasteiger partial charge in [0.05, 0.1) is 23.8 Å². The third kappa shape index (κ3) is 3.81. The third-order valence-electron chi connectivity index (χ3n) is 2.27. The van der Waals surface area contributed by atoms with E-state index in [2.05, 4.69) is 9.47 Å². The van der Waals surface area contributed by atoms with E-state index in [1.807, 2.05) is 0 Å². The van der Waals surface area contributed by atoms with Gasteiger partial charge in [-0.2, -0.15) is 27.2 Å². The molecule has 1 aromatic rings. The van der Waals surface area contributed by atoms with E-state index in [-0.39, 0.29) is 6.61 Å². The van der Waals surface area contributed by atoms with Gasteiger partial charge >= 0.3 is 18.8 Å². The molecule has 0 saturated carbocycles. The highest BCUT2D eigenvalue weighted by molar-refractivity contribution is 5.95. The Morgan fingerprint density at radius 2 is 2.00 bits per heavy atom. The molecule has 0 aliphatic carbocycles. The molecule has 0 bridgehead atoms. The normalized spacial score (nSPS) is 11.1. The molecule has 0 aliphatic rings. The van der Waals surface area contributed by atoms with Gasteiger partial charge in [-0.1, -0.05) is 0 Å². The molecule has 21 heavy (non-hydrogen) atoms. The molecular weight excluding hydrogens is 301 g/mol. The smallest absolute Gasteiger partial charge is 0.418 e. The molecule has 0 amide bonds. The van der Waals surface area contributed by atoms with E-state index in [0.717, 1.165) is 0 Å². The van der Waals surface area contributed by atoms with Crippen LogP contribution in [-0.2, 0) is 10.9 Å². The molecular formula is C12H8F5NO3. The second kappa shape index (κ2) is 6.39. The number of carbonyl (C=O) groups excluding carboxylic acids is 1. The monoisotopic (exact) mass is 309 g/mol. The molecule has 0 N–H and O–H groups in total. The first-order valence-electron chi connectivity index (χ1n) is 5.48. The highest BCUT2D eigenvalue weighted by Gasteiger charge is 2.41. The van der Waals surface area contributed by atoms with Crippen LogP contribution in [0.25, 0.3) is 0 Å². The first kappa shape index (κ1) is 16.7. The van der Waals surface area contributed by atoms with Crippen LogP contribution < -0.4 is 4.74 Å². The summed E-state index contributed by atoms with van der Waals surface area (Å²) in [6.45, 7) is -2.39. The number of benzene rings is 1. The fourth-order valence-electron chi connectivity index (χ4n) is 1.57. The number of nitriles is 1. The van der Waals surface area contributed by atoms with Crippen LogP contribution in [0.5, 0.6) is 5.75 Å². The Morgan fingerprint density at radius 3 is 2.43 bits per heavy atom. The molecule has 0 radical (unpaired) electrons. The van der Waals surface area contributed by atoms with Crippen molar-refractivity contribution in [2.24, 2.45) is 0 Å². The topological polar surface area (TPSA) is 59.3 Å². The summed E-state index contributed by atoms with van der Waals surface area (Å²) in [4.78, 5) is 11.6. The van der Waals surface area contributed by atoms with Crippen molar-refractivity contribution in [1.82, 2.24) is 0 Å². The Labute approximate surface area is 115 Å². The van der Waals surface area contributed by atoms with Crippen LogP contribution in [0.3, 0.4) is 0 Å². The van der Waals surface area contributed by atoms with Gasteiger partial charge in [0.25, 0.3) is 0 Å². The summed E-state index contributed by atoms with van der Waals surface area (Å²) in [5.41, 5.74) is -3.81. The minimum absolute atomic E-state index is 0.277. The lowest BCUT2D eigenvalue weighted by atomic mass is 10.00. The van der Waals surface area contributed by atoms with E-state index < -0.39 is 41.2 Å². The van der Waals surface area contributed by atoms with Crippen molar-refractivity contribution < 1.29 is 36.2 Å². The minimum atomic E-state index is -5.12. The van der Waals surface area contributed by atoms with E-state index in [4.69, 9.17) is 5.26 Å². The van der Waals surface area contributed by atoms with E-state index in [1.54, 1.807) is 0 Å². The van der Waals surface area contributed by atoms with E-state index in [0.29, 0.717) is 12.1 Å². The lowest BCUT2D eigenvalue weighted by Gasteiger charge is -2.17. The highest BCUT2D eigenvalue weighted by atomic mass is 19.4. The van der Waals surface area contributed by atoms with E-state index in [9.17, 15) is 26.7 Å². The number of halogens is 5. The van der Waals surface area contributed by atoms with Crippen molar-refractivity contribution in [2.75, 3.05) is 6.61 Å². The molecule has 1 rings (SSSR count). The van der Waals surface area contributed by atoms with Crippen LogP contribution in [0.1, 0.15) is 28.4 Å². The van der Waals surface area contributed by atoms with Crippen molar-refractivity contribution in [2.45, 2.75) is 19.7 Å². The van der Waals surface area contributed by atoms with Crippen molar-refractivity contribution in [3.63, 3.8) is 0 Å². The molecule has 1 aromatic carbocycles. The number of hydrogen-bond acceptors (Lipinski definition) is 4. The second-order valence-corrected chi connectivity index (χ2v) is 3.57. The molecule has 0 spiro atoms. The number of carbonyl (C=O) groups is 1.